The van der Waals surface area contributed by atoms with Crippen LogP contribution in [0.4, 0.5) is 0 Å². The molecule has 0 bridgehead atoms. The molecule has 17 heavy (non-hydrogen) atoms. The predicted octanol–water partition coefficient (Wildman–Crippen LogP) is 2.28. The van der Waals surface area contributed by atoms with Crippen LogP contribution in [0, 0.1) is 5.92 Å². The maximum absolute atomic E-state index is 11.7. The molecule has 1 rings (SSSR count). The van der Waals surface area contributed by atoms with Gasteiger partial charge in [0.15, 0.2) is 0 Å². The summed E-state index contributed by atoms with van der Waals surface area (Å²) in [5.41, 5.74) is -0.972. The van der Waals surface area contributed by atoms with E-state index in [-0.39, 0.29) is 11.9 Å². The summed E-state index contributed by atoms with van der Waals surface area (Å²) in [6.07, 6.45) is 3.06. The van der Waals surface area contributed by atoms with Crippen LogP contribution in [0.3, 0.4) is 0 Å². The van der Waals surface area contributed by atoms with Gasteiger partial charge in [-0.2, -0.15) is 0 Å². The summed E-state index contributed by atoms with van der Waals surface area (Å²) in [6, 6.07) is -0.0702. The molecule has 4 heteroatoms. The Hall–Kier alpha value is -1.06. The monoisotopic (exact) mass is 241 g/mol. The Balaban J connectivity index is 3.07. The Kier molecular flexibility index (Phi) is 4.17. The average molecular weight is 241 g/mol. The molecule has 4 nitrogen and oxygen atoms in total. The van der Waals surface area contributed by atoms with Crippen LogP contribution >= 0.6 is 0 Å². The third-order valence-electron chi connectivity index (χ3n) is 3.88. The zero-order valence-corrected chi connectivity index (χ0v) is 11.2. The van der Waals surface area contributed by atoms with Crippen molar-refractivity contribution < 1.29 is 14.7 Å². The van der Waals surface area contributed by atoms with E-state index in [0.29, 0.717) is 18.8 Å². The van der Waals surface area contributed by atoms with Crippen molar-refractivity contribution in [2.24, 2.45) is 5.92 Å². The molecule has 0 aromatic heterocycles. The highest BCUT2D eigenvalue weighted by Crippen LogP contribution is 2.41. The number of carbonyl (C=O) groups excluding carboxylic acids is 1. The Labute approximate surface area is 103 Å². The number of aliphatic carboxylic acids is 1. The summed E-state index contributed by atoms with van der Waals surface area (Å²) >= 11 is 0. The molecule has 2 atom stereocenters. The summed E-state index contributed by atoms with van der Waals surface area (Å²) in [4.78, 5) is 24.9. The SMILES string of the molecule is CCC1CCC(C(=O)O)(N(C(C)=O)C(C)C)C1. The minimum atomic E-state index is -0.972. The van der Waals surface area contributed by atoms with Crippen molar-refractivity contribution in [2.75, 3.05) is 0 Å². The van der Waals surface area contributed by atoms with Crippen LogP contribution in [0.25, 0.3) is 0 Å². The van der Waals surface area contributed by atoms with Gasteiger partial charge < -0.3 is 10.0 Å². The molecule has 1 N–H and O–H groups in total. The highest BCUT2D eigenvalue weighted by molar-refractivity contribution is 5.86. The average Bonchev–Trinajstić information content (AvgIpc) is 2.62. The first-order valence-electron chi connectivity index (χ1n) is 6.38. The van der Waals surface area contributed by atoms with Gasteiger partial charge in [0.1, 0.15) is 5.54 Å². The van der Waals surface area contributed by atoms with Gasteiger partial charge in [-0.1, -0.05) is 13.3 Å². The number of carboxylic acid groups (broad SMARTS) is 1. The number of carboxylic acids is 1. The van der Waals surface area contributed by atoms with E-state index in [1.807, 2.05) is 13.8 Å². The van der Waals surface area contributed by atoms with E-state index in [0.717, 1.165) is 12.8 Å². The third-order valence-corrected chi connectivity index (χ3v) is 3.88. The molecule has 0 spiro atoms. The summed E-state index contributed by atoms with van der Waals surface area (Å²) in [5.74, 6) is -0.566. The fourth-order valence-corrected chi connectivity index (χ4v) is 3.15. The predicted molar refractivity (Wildman–Crippen MR) is 65.7 cm³/mol. The molecule has 0 aromatic rings. The molecule has 1 amide bonds. The number of rotatable bonds is 4. The molecular weight excluding hydrogens is 218 g/mol. The van der Waals surface area contributed by atoms with Crippen molar-refractivity contribution in [1.82, 2.24) is 4.90 Å². The molecule has 1 fully saturated rings. The zero-order valence-electron chi connectivity index (χ0n) is 11.2. The van der Waals surface area contributed by atoms with Crippen molar-refractivity contribution in [1.29, 1.82) is 0 Å². The van der Waals surface area contributed by atoms with Crippen molar-refractivity contribution in [3.05, 3.63) is 0 Å². The maximum atomic E-state index is 11.7. The zero-order chi connectivity index (χ0) is 13.2. The van der Waals surface area contributed by atoms with Crippen LogP contribution in [0.2, 0.25) is 0 Å². The van der Waals surface area contributed by atoms with E-state index in [2.05, 4.69) is 6.92 Å². The molecule has 0 saturated heterocycles. The van der Waals surface area contributed by atoms with Gasteiger partial charge in [-0.15, -0.1) is 0 Å². The quantitative estimate of drug-likeness (QED) is 0.821. The van der Waals surface area contributed by atoms with Crippen molar-refractivity contribution in [2.45, 2.75) is 65.0 Å². The molecule has 1 saturated carbocycles. The molecule has 2 unspecified atom stereocenters. The van der Waals surface area contributed by atoms with Gasteiger partial charge >= 0.3 is 5.97 Å². The molecule has 1 aliphatic rings. The lowest BCUT2D eigenvalue weighted by molar-refractivity contribution is -0.160. The minimum Gasteiger partial charge on any atom is -0.479 e. The van der Waals surface area contributed by atoms with Gasteiger partial charge in [0.05, 0.1) is 0 Å². The molecule has 0 radical (unpaired) electrons. The molecular formula is C13H23NO3. The summed E-state index contributed by atoms with van der Waals surface area (Å²) in [7, 11) is 0. The van der Waals surface area contributed by atoms with Crippen LogP contribution < -0.4 is 0 Å². The van der Waals surface area contributed by atoms with Crippen LogP contribution in [0.1, 0.15) is 53.4 Å². The van der Waals surface area contributed by atoms with Gasteiger partial charge in [-0.25, -0.2) is 4.79 Å². The molecule has 1 aliphatic carbocycles. The maximum Gasteiger partial charge on any atom is 0.329 e. The number of hydrogen-bond acceptors (Lipinski definition) is 2. The topological polar surface area (TPSA) is 57.6 Å². The number of hydrogen-bond donors (Lipinski definition) is 1. The number of carbonyl (C=O) groups is 2. The summed E-state index contributed by atoms with van der Waals surface area (Å²) < 4.78 is 0. The van der Waals surface area contributed by atoms with Gasteiger partial charge in [0.25, 0.3) is 0 Å². The van der Waals surface area contributed by atoms with Gasteiger partial charge in [0.2, 0.25) is 5.91 Å². The fraction of sp³-hybridized carbons (Fsp3) is 0.846. The van der Waals surface area contributed by atoms with E-state index < -0.39 is 11.5 Å². The van der Waals surface area contributed by atoms with Gasteiger partial charge in [-0.05, 0) is 39.0 Å². The smallest absolute Gasteiger partial charge is 0.329 e. The third kappa shape index (κ3) is 2.45. The van der Waals surface area contributed by atoms with Crippen molar-refractivity contribution in [3.8, 4) is 0 Å². The highest BCUT2D eigenvalue weighted by atomic mass is 16.4. The largest absolute Gasteiger partial charge is 0.479 e. The fourth-order valence-electron chi connectivity index (χ4n) is 3.15. The highest BCUT2D eigenvalue weighted by Gasteiger charge is 2.51. The Morgan fingerprint density at radius 3 is 2.35 bits per heavy atom. The Morgan fingerprint density at radius 1 is 1.47 bits per heavy atom. The van der Waals surface area contributed by atoms with Gasteiger partial charge in [0, 0.05) is 13.0 Å². The first-order valence-corrected chi connectivity index (χ1v) is 6.38. The summed E-state index contributed by atoms with van der Waals surface area (Å²) in [6.45, 7) is 7.30. The van der Waals surface area contributed by atoms with Crippen LogP contribution in [0.15, 0.2) is 0 Å². The lowest BCUT2D eigenvalue weighted by Gasteiger charge is -2.40. The number of amides is 1. The second kappa shape index (κ2) is 5.07. The molecule has 0 heterocycles. The van der Waals surface area contributed by atoms with Crippen LogP contribution in [-0.2, 0) is 9.59 Å². The van der Waals surface area contributed by atoms with Gasteiger partial charge in [-0.3, -0.25) is 4.79 Å². The first kappa shape index (κ1) is 14.0. The molecule has 0 aliphatic heterocycles. The first-order chi connectivity index (χ1) is 7.85. The van der Waals surface area contributed by atoms with E-state index in [1.54, 1.807) is 4.90 Å². The second-order valence-electron chi connectivity index (χ2n) is 5.34. The Morgan fingerprint density at radius 2 is 2.06 bits per heavy atom. The van der Waals surface area contributed by atoms with E-state index in [4.69, 9.17) is 0 Å². The normalized spacial score (nSPS) is 28.4. The minimum absolute atomic E-state index is 0.0702. The van der Waals surface area contributed by atoms with E-state index in [1.165, 1.54) is 6.92 Å². The van der Waals surface area contributed by atoms with E-state index >= 15 is 0 Å². The lowest BCUT2D eigenvalue weighted by Crippen LogP contribution is -2.57. The molecule has 98 valence electrons. The Bertz CT molecular complexity index is 314. The second-order valence-corrected chi connectivity index (χ2v) is 5.34. The van der Waals surface area contributed by atoms with Crippen LogP contribution in [-0.4, -0.2) is 33.5 Å². The molecule has 0 aromatic carbocycles. The standard InChI is InChI=1S/C13H23NO3/c1-5-11-6-7-13(8-11,12(16)17)14(9(2)3)10(4)15/h9,11H,5-8H2,1-4H3,(H,16,17). The van der Waals surface area contributed by atoms with Crippen molar-refractivity contribution >= 4 is 11.9 Å². The van der Waals surface area contributed by atoms with E-state index in [9.17, 15) is 14.7 Å². The van der Waals surface area contributed by atoms with Crippen molar-refractivity contribution in [3.63, 3.8) is 0 Å². The lowest BCUT2D eigenvalue weighted by atomic mass is 9.91. The summed E-state index contributed by atoms with van der Waals surface area (Å²) in [5, 5.41) is 9.55. The number of nitrogens with zero attached hydrogens (tertiary/aromatic N) is 1. The van der Waals surface area contributed by atoms with Crippen LogP contribution in [0.5, 0.6) is 0 Å².